The number of hydrogen-bond acceptors (Lipinski definition) is 1. The minimum Gasteiger partial charge on any atom is -0.270 e. The lowest BCUT2D eigenvalue weighted by Gasteiger charge is -2.07. The quantitative estimate of drug-likeness (QED) is 0.561. The fourth-order valence-corrected chi connectivity index (χ4v) is 1.34. The predicted octanol–water partition coefficient (Wildman–Crippen LogP) is 0.398. The van der Waals surface area contributed by atoms with Gasteiger partial charge in [0.1, 0.15) is 0 Å². The van der Waals surface area contributed by atoms with E-state index < -0.39 is 0 Å². The molecule has 1 aromatic rings. The summed E-state index contributed by atoms with van der Waals surface area (Å²) in [4.78, 5) is 2.11. The van der Waals surface area contributed by atoms with Gasteiger partial charge < -0.3 is 0 Å². The SMILES string of the molecule is CC[n+]1ccn(C)c1N(C)C. The van der Waals surface area contributed by atoms with Crippen LogP contribution < -0.4 is 9.47 Å². The third-order valence-corrected chi connectivity index (χ3v) is 1.78. The van der Waals surface area contributed by atoms with Crippen LogP contribution in [0.4, 0.5) is 5.95 Å². The standard InChI is InChI=1S/C8H16N3/c1-5-11-7-6-10(4)8(11)9(2)3/h6-7H,5H2,1-4H3/q+1. The normalized spacial score (nSPS) is 10.2. The molecule has 0 bridgehead atoms. The van der Waals surface area contributed by atoms with Crippen LogP contribution in [0.1, 0.15) is 6.92 Å². The molecule has 0 aliphatic heterocycles. The van der Waals surface area contributed by atoms with Crippen LogP contribution in [0.5, 0.6) is 0 Å². The fraction of sp³-hybridized carbons (Fsp3) is 0.625. The molecule has 0 aromatic carbocycles. The fourth-order valence-electron chi connectivity index (χ4n) is 1.34. The van der Waals surface area contributed by atoms with Gasteiger partial charge in [0.2, 0.25) is 0 Å². The number of anilines is 1. The highest BCUT2D eigenvalue weighted by atomic mass is 15.3. The minimum atomic E-state index is 1.02. The second-order valence-electron chi connectivity index (χ2n) is 2.89. The summed E-state index contributed by atoms with van der Waals surface area (Å²) in [6.07, 6.45) is 4.16. The van der Waals surface area contributed by atoms with Gasteiger partial charge in [-0.15, -0.1) is 0 Å². The van der Waals surface area contributed by atoms with Crippen LogP contribution in [0, 0.1) is 0 Å². The van der Waals surface area contributed by atoms with Gasteiger partial charge >= 0.3 is 5.95 Å². The van der Waals surface area contributed by atoms with Gasteiger partial charge in [-0.25, -0.2) is 9.13 Å². The van der Waals surface area contributed by atoms with Gasteiger partial charge in [-0.2, -0.15) is 0 Å². The highest BCUT2D eigenvalue weighted by molar-refractivity contribution is 5.20. The Morgan fingerprint density at radius 3 is 2.55 bits per heavy atom. The van der Waals surface area contributed by atoms with Crippen LogP contribution in [0.3, 0.4) is 0 Å². The third kappa shape index (κ3) is 1.37. The molecule has 0 N–H and O–H groups in total. The largest absolute Gasteiger partial charge is 0.359 e. The third-order valence-electron chi connectivity index (χ3n) is 1.78. The highest BCUT2D eigenvalue weighted by Crippen LogP contribution is 2.01. The first-order valence-electron chi connectivity index (χ1n) is 3.89. The van der Waals surface area contributed by atoms with Gasteiger partial charge in [-0.3, -0.25) is 4.90 Å². The first-order chi connectivity index (χ1) is 5.16. The molecule has 11 heavy (non-hydrogen) atoms. The molecule has 0 amide bonds. The summed E-state index contributed by atoms with van der Waals surface area (Å²) in [5.41, 5.74) is 0. The Balaban J connectivity index is 3.07. The van der Waals surface area contributed by atoms with Crippen molar-refractivity contribution in [1.82, 2.24) is 4.57 Å². The Morgan fingerprint density at radius 2 is 2.18 bits per heavy atom. The Labute approximate surface area is 67.9 Å². The van der Waals surface area contributed by atoms with E-state index >= 15 is 0 Å². The van der Waals surface area contributed by atoms with E-state index in [1.165, 1.54) is 5.95 Å². The van der Waals surface area contributed by atoms with Crippen molar-refractivity contribution in [3.05, 3.63) is 12.4 Å². The molecule has 0 aliphatic rings. The van der Waals surface area contributed by atoms with Gasteiger partial charge in [-0.05, 0) is 6.92 Å². The summed E-state index contributed by atoms with van der Waals surface area (Å²) in [5, 5.41) is 0. The van der Waals surface area contributed by atoms with E-state index in [1.54, 1.807) is 0 Å². The molecule has 0 unspecified atom stereocenters. The van der Waals surface area contributed by atoms with Crippen molar-refractivity contribution >= 4 is 5.95 Å². The summed E-state index contributed by atoms with van der Waals surface area (Å²) in [6, 6.07) is 0. The Hall–Kier alpha value is -0.990. The zero-order valence-corrected chi connectivity index (χ0v) is 7.70. The molecule has 1 aromatic heterocycles. The van der Waals surface area contributed by atoms with E-state index in [2.05, 4.69) is 54.5 Å². The summed E-state index contributed by atoms with van der Waals surface area (Å²) in [7, 11) is 6.17. The van der Waals surface area contributed by atoms with E-state index in [4.69, 9.17) is 0 Å². The van der Waals surface area contributed by atoms with Crippen molar-refractivity contribution < 1.29 is 4.57 Å². The highest BCUT2D eigenvalue weighted by Gasteiger charge is 2.13. The summed E-state index contributed by atoms with van der Waals surface area (Å²) < 4.78 is 4.32. The van der Waals surface area contributed by atoms with Crippen molar-refractivity contribution in [1.29, 1.82) is 0 Å². The molecular weight excluding hydrogens is 138 g/mol. The van der Waals surface area contributed by atoms with Crippen molar-refractivity contribution in [3.8, 4) is 0 Å². The zero-order valence-electron chi connectivity index (χ0n) is 7.70. The molecule has 0 spiro atoms. The van der Waals surface area contributed by atoms with Crippen LogP contribution in [-0.2, 0) is 13.6 Å². The maximum Gasteiger partial charge on any atom is 0.359 e. The number of rotatable bonds is 2. The van der Waals surface area contributed by atoms with Crippen molar-refractivity contribution in [2.45, 2.75) is 13.5 Å². The average molecular weight is 154 g/mol. The lowest BCUT2D eigenvalue weighted by atomic mass is 10.7. The molecule has 62 valence electrons. The van der Waals surface area contributed by atoms with Crippen molar-refractivity contribution in [2.75, 3.05) is 19.0 Å². The van der Waals surface area contributed by atoms with Crippen LogP contribution in [0.2, 0.25) is 0 Å². The molecule has 0 saturated heterocycles. The molecule has 1 heterocycles. The van der Waals surface area contributed by atoms with E-state index in [-0.39, 0.29) is 0 Å². The van der Waals surface area contributed by atoms with Crippen molar-refractivity contribution in [2.24, 2.45) is 7.05 Å². The molecule has 0 aliphatic carbocycles. The Kier molecular flexibility index (Phi) is 2.17. The van der Waals surface area contributed by atoms with E-state index in [0.29, 0.717) is 0 Å². The van der Waals surface area contributed by atoms with Crippen LogP contribution in [0.15, 0.2) is 12.4 Å². The molecule has 0 saturated carbocycles. The Bertz CT molecular complexity index is 237. The summed E-state index contributed by atoms with van der Waals surface area (Å²) in [5.74, 6) is 1.23. The van der Waals surface area contributed by atoms with Gasteiger partial charge in [0, 0.05) is 0 Å². The zero-order chi connectivity index (χ0) is 8.43. The van der Waals surface area contributed by atoms with Crippen molar-refractivity contribution in [3.63, 3.8) is 0 Å². The molecule has 1 rings (SSSR count). The second-order valence-corrected chi connectivity index (χ2v) is 2.89. The van der Waals surface area contributed by atoms with Gasteiger partial charge in [0.25, 0.3) is 0 Å². The minimum absolute atomic E-state index is 1.02. The van der Waals surface area contributed by atoms with E-state index in [0.717, 1.165) is 6.54 Å². The first kappa shape index (κ1) is 8.11. The molecule has 0 radical (unpaired) electrons. The number of imidazole rings is 1. The Morgan fingerprint density at radius 1 is 1.55 bits per heavy atom. The number of hydrogen-bond donors (Lipinski definition) is 0. The summed E-state index contributed by atoms with van der Waals surface area (Å²) >= 11 is 0. The van der Waals surface area contributed by atoms with E-state index in [1.807, 2.05) is 0 Å². The van der Waals surface area contributed by atoms with Crippen LogP contribution >= 0.6 is 0 Å². The van der Waals surface area contributed by atoms with Crippen LogP contribution in [-0.4, -0.2) is 18.7 Å². The molecular formula is C8H16N3+. The lowest BCUT2D eigenvalue weighted by molar-refractivity contribution is -0.680. The van der Waals surface area contributed by atoms with Gasteiger partial charge in [-0.1, -0.05) is 0 Å². The molecule has 3 nitrogen and oxygen atoms in total. The molecule has 0 atom stereocenters. The van der Waals surface area contributed by atoms with Gasteiger partial charge in [0.15, 0.2) is 0 Å². The second kappa shape index (κ2) is 2.95. The maximum atomic E-state index is 2.21. The molecule has 3 heteroatoms. The number of aryl methyl sites for hydroxylation is 2. The first-order valence-corrected chi connectivity index (χ1v) is 3.89. The lowest BCUT2D eigenvalue weighted by Crippen LogP contribution is -2.37. The summed E-state index contributed by atoms with van der Waals surface area (Å²) in [6.45, 7) is 3.17. The van der Waals surface area contributed by atoms with E-state index in [9.17, 15) is 0 Å². The average Bonchev–Trinajstić information content (AvgIpc) is 2.30. The number of nitrogens with zero attached hydrogens (tertiary/aromatic N) is 3. The topological polar surface area (TPSA) is 12.0 Å². The monoisotopic (exact) mass is 154 g/mol. The van der Waals surface area contributed by atoms with Gasteiger partial charge in [0.05, 0.1) is 40.1 Å². The molecule has 0 fully saturated rings. The van der Waals surface area contributed by atoms with Crippen LogP contribution in [0.25, 0.3) is 0 Å². The predicted molar refractivity (Wildman–Crippen MR) is 45.6 cm³/mol. The number of aromatic nitrogens is 2. The smallest absolute Gasteiger partial charge is 0.270 e. The maximum absolute atomic E-state index is 2.21.